The molecule has 0 spiro atoms. The fourth-order valence-corrected chi connectivity index (χ4v) is 6.33. The maximum Gasteiger partial charge on any atom is -0.0152 e. The summed E-state index contributed by atoms with van der Waals surface area (Å²) < 4.78 is 0. The first-order valence-electron chi connectivity index (χ1n) is 14.8. The van der Waals surface area contributed by atoms with Gasteiger partial charge in [0.25, 0.3) is 0 Å². The van der Waals surface area contributed by atoms with Crippen molar-refractivity contribution >= 4 is 0 Å². The van der Waals surface area contributed by atoms with E-state index in [-0.39, 0.29) is 0 Å². The second-order valence-electron chi connectivity index (χ2n) is 12.0. The molecule has 0 radical (unpaired) electrons. The smallest absolute Gasteiger partial charge is 0.0152 e. The Bertz CT molecular complexity index is 1750. The van der Waals surface area contributed by atoms with Crippen molar-refractivity contribution in [1.82, 2.24) is 0 Å². The van der Waals surface area contributed by atoms with Crippen LogP contribution < -0.4 is 0 Å². The first kappa shape index (κ1) is 27.5. The summed E-state index contributed by atoms with van der Waals surface area (Å²) in [5.74, 6) is 0. The summed E-state index contributed by atoms with van der Waals surface area (Å²) in [4.78, 5) is 0. The monoisotopic (exact) mass is 542 g/mol. The molecule has 0 aliphatic rings. The van der Waals surface area contributed by atoms with Gasteiger partial charge in [-0.2, -0.15) is 0 Å². The van der Waals surface area contributed by atoms with Crippen LogP contribution >= 0.6 is 0 Å². The Kier molecular flexibility index (Phi) is 7.40. The molecule has 0 nitrogen and oxygen atoms in total. The molecule has 0 N–H and O–H groups in total. The molecule has 0 saturated carbocycles. The third kappa shape index (κ3) is 5.71. The Morgan fingerprint density at radius 1 is 0.262 bits per heavy atom. The van der Waals surface area contributed by atoms with Gasteiger partial charge < -0.3 is 0 Å². The topological polar surface area (TPSA) is 0 Å². The van der Waals surface area contributed by atoms with E-state index in [2.05, 4.69) is 163 Å². The predicted octanol–water partition coefficient (Wildman–Crippen LogP) is 11.9. The molecule has 0 unspecified atom stereocenters. The van der Waals surface area contributed by atoms with Crippen LogP contribution in [0.25, 0.3) is 55.6 Å². The van der Waals surface area contributed by atoms with Crippen LogP contribution in [0.15, 0.2) is 121 Å². The van der Waals surface area contributed by atoms with Crippen LogP contribution in [0.5, 0.6) is 0 Å². The maximum atomic E-state index is 2.33. The van der Waals surface area contributed by atoms with Gasteiger partial charge in [-0.05, 0) is 120 Å². The van der Waals surface area contributed by atoms with Crippen molar-refractivity contribution in [3.63, 3.8) is 0 Å². The van der Waals surface area contributed by atoms with Gasteiger partial charge in [0.1, 0.15) is 0 Å². The molecule has 0 fully saturated rings. The third-order valence-corrected chi connectivity index (χ3v) is 8.24. The number of benzene rings is 6. The molecular formula is C42H38. The standard InChI is InChI=1S/C42H38/c1-27-17-28(2)20-39(19-27)35-11-7-9-33(25-35)37-13-15-41(31(5)23-37)42-16-14-38(24-32(42)6)34-10-8-12-36(26-34)40-21-29(3)18-30(4)22-40/h7-26H,1-6H3. The molecule has 6 aromatic carbocycles. The van der Waals surface area contributed by atoms with Crippen LogP contribution in [0.3, 0.4) is 0 Å². The van der Waals surface area contributed by atoms with Crippen LogP contribution in [0.1, 0.15) is 33.4 Å². The minimum atomic E-state index is 1.25. The Labute approximate surface area is 251 Å². The fourth-order valence-electron chi connectivity index (χ4n) is 6.33. The third-order valence-electron chi connectivity index (χ3n) is 8.24. The molecule has 0 heterocycles. The Morgan fingerprint density at radius 2 is 0.571 bits per heavy atom. The summed E-state index contributed by atoms with van der Waals surface area (Å²) >= 11 is 0. The lowest BCUT2D eigenvalue weighted by Crippen LogP contribution is -1.90. The summed E-state index contributed by atoms with van der Waals surface area (Å²) in [6.07, 6.45) is 0. The second kappa shape index (κ2) is 11.3. The summed E-state index contributed by atoms with van der Waals surface area (Å²) in [6.45, 7) is 13.1. The maximum absolute atomic E-state index is 2.33. The lowest BCUT2D eigenvalue weighted by molar-refractivity contribution is 1.38. The van der Waals surface area contributed by atoms with Crippen molar-refractivity contribution in [3.8, 4) is 55.6 Å². The second-order valence-corrected chi connectivity index (χ2v) is 12.0. The minimum absolute atomic E-state index is 1.25. The normalized spacial score (nSPS) is 11.1. The zero-order valence-corrected chi connectivity index (χ0v) is 25.5. The van der Waals surface area contributed by atoms with Gasteiger partial charge in [0.2, 0.25) is 0 Å². The van der Waals surface area contributed by atoms with Gasteiger partial charge in [0.15, 0.2) is 0 Å². The number of aryl methyl sites for hydroxylation is 6. The first-order chi connectivity index (χ1) is 20.2. The van der Waals surface area contributed by atoms with Gasteiger partial charge in [0, 0.05) is 0 Å². The molecule has 0 aliphatic heterocycles. The average molecular weight is 543 g/mol. The van der Waals surface area contributed by atoms with Gasteiger partial charge in [-0.3, -0.25) is 0 Å². The fraction of sp³-hybridized carbons (Fsp3) is 0.143. The van der Waals surface area contributed by atoms with Crippen LogP contribution in [0.4, 0.5) is 0 Å². The zero-order valence-electron chi connectivity index (χ0n) is 25.5. The van der Waals surface area contributed by atoms with Crippen molar-refractivity contribution in [3.05, 3.63) is 155 Å². The largest absolute Gasteiger partial charge is 0.0610 e. The van der Waals surface area contributed by atoms with E-state index in [0.717, 1.165) is 0 Å². The van der Waals surface area contributed by atoms with E-state index in [1.807, 2.05) is 0 Å². The minimum Gasteiger partial charge on any atom is -0.0610 e. The van der Waals surface area contributed by atoms with E-state index in [0.29, 0.717) is 0 Å². The quantitative estimate of drug-likeness (QED) is 0.203. The van der Waals surface area contributed by atoms with E-state index in [1.54, 1.807) is 0 Å². The predicted molar refractivity (Wildman–Crippen MR) is 182 cm³/mol. The number of rotatable bonds is 5. The Balaban J connectivity index is 1.29. The summed E-state index contributed by atoms with van der Waals surface area (Å²) in [7, 11) is 0. The van der Waals surface area contributed by atoms with E-state index in [9.17, 15) is 0 Å². The Morgan fingerprint density at radius 3 is 0.905 bits per heavy atom. The van der Waals surface area contributed by atoms with Crippen molar-refractivity contribution in [1.29, 1.82) is 0 Å². The van der Waals surface area contributed by atoms with Gasteiger partial charge in [-0.15, -0.1) is 0 Å². The molecule has 42 heavy (non-hydrogen) atoms. The van der Waals surface area contributed by atoms with Crippen LogP contribution in [0, 0.1) is 41.5 Å². The average Bonchev–Trinajstić information content (AvgIpc) is 2.96. The van der Waals surface area contributed by atoms with Crippen LogP contribution in [0.2, 0.25) is 0 Å². The molecule has 0 saturated heterocycles. The Hall–Kier alpha value is -4.68. The van der Waals surface area contributed by atoms with Crippen molar-refractivity contribution < 1.29 is 0 Å². The highest BCUT2D eigenvalue weighted by Crippen LogP contribution is 2.35. The number of hydrogen-bond donors (Lipinski definition) is 0. The van der Waals surface area contributed by atoms with E-state index in [1.165, 1.54) is 89.0 Å². The van der Waals surface area contributed by atoms with Gasteiger partial charge >= 0.3 is 0 Å². The summed E-state index contributed by atoms with van der Waals surface area (Å²) in [6, 6.07) is 45.1. The highest BCUT2D eigenvalue weighted by molar-refractivity contribution is 5.81. The first-order valence-corrected chi connectivity index (χ1v) is 14.8. The van der Waals surface area contributed by atoms with E-state index >= 15 is 0 Å². The molecular weight excluding hydrogens is 504 g/mol. The summed E-state index contributed by atoms with van der Waals surface area (Å²) in [5, 5.41) is 0. The summed E-state index contributed by atoms with van der Waals surface area (Å²) in [5.41, 5.74) is 20.4. The SMILES string of the molecule is Cc1cc(C)cc(-c2cccc(-c3ccc(-c4ccc(-c5cccc(-c6cc(C)cc(C)c6)c5)cc4C)c(C)c3)c2)c1. The molecule has 0 aliphatic carbocycles. The molecule has 0 heteroatoms. The molecule has 0 bridgehead atoms. The van der Waals surface area contributed by atoms with E-state index in [4.69, 9.17) is 0 Å². The van der Waals surface area contributed by atoms with Crippen molar-refractivity contribution in [2.45, 2.75) is 41.5 Å². The highest BCUT2D eigenvalue weighted by atomic mass is 14.2. The van der Waals surface area contributed by atoms with Crippen molar-refractivity contribution in [2.24, 2.45) is 0 Å². The van der Waals surface area contributed by atoms with Crippen molar-refractivity contribution in [2.75, 3.05) is 0 Å². The molecule has 0 atom stereocenters. The van der Waals surface area contributed by atoms with Crippen LogP contribution in [-0.2, 0) is 0 Å². The lowest BCUT2D eigenvalue weighted by Gasteiger charge is -2.14. The molecule has 6 rings (SSSR count). The lowest BCUT2D eigenvalue weighted by atomic mass is 9.90. The van der Waals surface area contributed by atoms with Crippen LogP contribution in [-0.4, -0.2) is 0 Å². The molecule has 206 valence electrons. The van der Waals surface area contributed by atoms with E-state index < -0.39 is 0 Å². The molecule has 6 aromatic rings. The van der Waals surface area contributed by atoms with Gasteiger partial charge in [-0.1, -0.05) is 131 Å². The van der Waals surface area contributed by atoms with Gasteiger partial charge in [0.05, 0.1) is 0 Å². The zero-order chi connectivity index (χ0) is 29.4. The molecule has 0 amide bonds. The van der Waals surface area contributed by atoms with Gasteiger partial charge in [-0.25, -0.2) is 0 Å². The highest BCUT2D eigenvalue weighted by Gasteiger charge is 2.11. The number of hydrogen-bond acceptors (Lipinski definition) is 0. The molecule has 0 aromatic heterocycles.